The molecule has 0 aliphatic rings. The van der Waals surface area contributed by atoms with E-state index >= 15 is 0 Å². The number of nitrogen functional groups attached to an aromatic ring is 2. The van der Waals surface area contributed by atoms with Crippen LogP contribution in [0.25, 0.3) is 11.1 Å². The van der Waals surface area contributed by atoms with Crippen molar-refractivity contribution in [3.05, 3.63) is 48.0 Å². The van der Waals surface area contributed by atoms with Gasteiger partial charge in [0.05, 0.1) is 23.5 Å². The molecular formula is C15H16N2O2. The largest absolute Gasteiger partial charge is 0.462 e. The summed E-state index contributed by atoms with van der Waals surface area (Å²) in [5, 5.41) is 0. The van der Waals surface area contributed by atoms with Crippen molar-refractivity contribution in [2.75, 3.05) is 18.1 Å². The molecule has 0 heterocycles. The van der Waals surface area contributed by atoms with Gasteiger partial charge in [-0.2, -0.15) is 0 Å². The highest BCUT2D eigenvalue weighted by atomic mass is 16.5. The Balaban J connectivity index is 2.37. The van der Waals surface area contributed by atoms with Gasteiger partial charge in [-0.05, 0) is 42.3 Å². The van der Waals surface area contributed by atoms with Crippen LogP contribution in [0.5, 0.6) is 0 Å². The van der Waals surface area contributed by atoms with Crippen molar-refractivity contribution in [2.24, 2.45) is 0 Å². The first kappa shape index (κ1) is 13.0. The Kier molecular flexibility index (Phi) is 3.71. The Bertz CT molecular complexity index is 609. The molecule has 0 aliphatic heterocycles. The van der Waals surface area contributed by atoms with E-state index in [2.05, 4.69) is 0 Å². The van der Waals surface area contributed by atoms with Crippen molar-refractivity contribution < 1.29 is 9.53 Å². The second-order valence-electron chi connectivity index (χ2n) is 4.14. The lowest BCUT2D eigenvalue weighted by Crippen LogP contribution is -2.04. The molecule has 0 bridgehead atoms. The van der Waals surface area contributed by atoms with Gasteiger partial charge in [0, 0.05) is 0 Å². The van der Waals surface area contributed by atoms with E-state index in [0.29, 0.717) is 23.5 Å². The zero-order chi connectivity index (χ0) is 13.8. The van der Waals surface area contributed by atoms with Gasteiger partial charge in [0.15, 0.2) is 0 Å². The van der Waals surface area contributed by atoms with Crippen molar-refractivity contribution in [3.8, 4) is 11.1 Å². The molecule has 2 rings (SSSR count). The number of nitrogens with two attached hydrogens (primary N) is 2. The second kappa shape index (κ2) is 5.44. The summed E-state index contributed by atoms with van der Waals surface area (Å²) in [4.78, 5) is 11.7. The molecule has 0 fully saturated rings. The summed E-state index contributed by atoms with van der Waals surface area (Å²) in [5.41, 5.74) is 14.9. The predicted octanol–water partition coefficient (Wildman–Crippen LogP) is 2.69. The Morgan fingerprint density at radius 2 is 1.79 bits per heavy atom. The summed E-state index contributed by atoms with van der Waals surface area (Å²) < 4.78 is 4.98. The number of hydrogen-bond acceptors (Lipinski definition) is 4. The number of carbonyl (C=O) groups is 1. The first-order valence-electron chi connectivity index (χ1n) is 6.04. The van der Waals surface area contributed by atoms with E-state index in [0.717, 1.165) is 11.1 Å². The number of hydrogen-bond donors (Lipinski definition) is 2. The van der Waals surface area contributed by atoms with Gasteiger partial charge in [0.1, 0.15) is 0 Å². The minimum absolute atomic E-state index is 0.326. The summed E-state index contributed by atoms with van der Waals surface area (Å²) in [6.07, 6.45) is 0. The van der Waals surface area contributed by atoms with Gasteiger partial charge in [0.2, 0.25) is 0 Å². The van der Waals surface area contributed by atoms with Gasteiger partial charge < -0.3 is 16.2 Å². The van der Waals surface area contributed by atoms with Crippen LogP contribution in [0.15, 0.2) is 42.5 Å². The Labute approximate surface area is 112 Å². The van der Waals surface area contributed by atoms with E-state index in [4.69, 9.17) is 16.2 Å². The molecule has 0 aliphatic carbocycles. The van der Waals surface area contributed by atoms with Gasteiger partial charge in [-0.1, -0.05) is 18.2 Å². The van der Waals surface area contributed by atoms with Crippen LogP contribution in [0.2, 0.25) is 0 Å². The van der Waals surface area contributed by atoms with Crippen LogP contribution in [-0.4, -0.2) is 12.6 Å². The minimum Gasteiger partial charge on any atom is -0.462 e. The average molecular weight is 256 g/mol. The van der Waals surface area contributed by atoms with Crippen molar-refractivity contribution in [1.29, 1.82) is 0 Å². The van der Waals surface area contributed by atoms with Crippen molar-refractivity contribution in [2.45, 2.75) is 6.92 Å². The van der Waals surface area contributed by atoms with Crippen LogP contribution in [0.3, 0.4) is 0 Å². The van der Waals surface area contributed by atoms with Gasteiger partial charge in [0.25, 0.3) is 0 Å². The maximum Gasteiger partial charge on any atom is 0.338 e. The van der Waals surface area contributed by atoms with E-state index in [-0.39, 0.29) is 5.97 Å². The van der Waals surface area contributed by atoms with E-state index in [9.17, 15) is 4.79 Å². The van der Waals surface area contributed by atoms with Crippen LogP contribution >= 0.6 is 0 Å². The highest BCUT2D eigenvalue weighted by Crippen LogP contribution is 2.26. The van der Waals surface area contributed by atoms with Crippen LogP contribution in [0.1, 0.15) is 17.3 Å². The maximum atomic E-state index is 11.7. The molecule has 0 saturated heterocycles. The van der Waals surface area contributed by atoms with Crippen molar-refractivity contribution in [3.63, 3.8) is 0 Å². The van der Waals surface area contributed by atoms with Crippen molar-refractivity contribution in [1.82, 2.24) is 0 Å². The van der Waals surface area contributed by atoms with Crippen LogP contribution < -0.4 is 11.5 Å². The third kappa shape index (κ3) is 2.85. The summed E-state index contributed by atoms with van der Waals surface area (Å²) in [6, 6.07) is 12.6. The van der Waals surface area contributed by atoms with Gasteiger partial charge in [-0.15, -0.1) is 0 Å². The van der Waals surface area contributed by atoms with Crippen LogP contribution in [0, 0.1) is 0 Å². The van der Waals surface area contributed by atoms with Gasteiger partial charge in [-0.3, -0.25) is 0 Å². The SMILES string of the molecule is CCOC(=O)c1cccc(-c2ccc(N)c(N)c2)c1. The maximum absolute atomic E-state index is 11.7. The third-order valence-corrected chi connectivity index (χ3v) is 2.79. The smallest absolute Gasteiger partial charge is 0.338 e. The first-order valence-corrected chi connectivity index (χ1v) is 6.04. The molecule has 0 unspecified atom stereocenters. The number of carbonyl (C=O) groups excluding carboxylic acids is 1. The normalized spacial score (nSPS) is 10.2. The van der Waals surface area contributed by atoms with Gasteiger partial charge >= 0.3 is 5.97 Å². The molecule has 0 radical (unpaired) electrons. The molecule has 0 saturated carbocycles. The standard InChI is InChI=1S/C15H16N2O2/c1-2-19-15(18)12-5-3-4-10(8-12)11-6-7-13(16)14(17)9-11/h3-9H,2,16-17H2,1H3. The lowest BCUT2D eigenvalue weighted by atomic mass is 10.0. The van der Waals surface area contributed by atoms with Crippen LogP contribution in [0.4, 0.5) is 11.4 Å². The lowest BCUT2D eigenvalue weighted by molar-refractivity contribution is 0.0526. The number of anilines is 2. The highest BCUT2D eigenvalue weighted by Gasteiger charge is 2.08. The Morgan fingerprint density at radius 1 is 1.05 bits per heavy atom. The average Bonchev–Trinajstić information content (AvgIpc) is 2.42. The highest BCUT2D eigenvalue weighted by molar-refractivity contribution is 5.91. The number of benzene rings is 2. The second-order valence-corrected chi connectivity index (χ2v) is 4.14. The summed E-state index contributed by atoms with van der Waals surface area (Å²) >= 11 is 0. The van der Waals surface area contributed by atoms with Crippen LogP contribution in [-0.2, 0) is 4.74 Å². The van der Waals surface area contributed by atoms with Crippen molar-refractivity contribution >= 4 is 17.3 Å². The molecule has 4 N–H and O–H groups in total. The molecule has 19 heavy (non-hydrogen) atoms. The molecule has 2 aromatic rings. The minimum atomic E-state index is -0.326. The molecule has 0 aromatic heterocycles. The first-order chi connectivity index (χ1) is 9.11. The monoisotopic (exact) mass is 256 g/mol. The molecule has 4 nitrogen and oxygen atoms in total. The molecular weight excluding hydrogens is 240 g/mol. The fourth-order valence-electron chi connectivity index (χ4n) is 1.79. The molecule has 0 atom stereocenters. The summed E-state index contributed by atoms with van der Waals surface area (Å²) in [5.74, 6) is -0.326. The van der Waals surface area contributed by atoms with Gasteiger partial charge in [-0.25, -0.2) is 4.79 Å². The van der Waals surface area contributed by atoms with E-state index in [1.54, 1.807) is 31.2 Å². The zero-order valence-electron chi connectivity index (χ0n) is 10.7. The molecule has 0 spiro atoms. The fraction of sp³-hybridized carbons (Fsp3) is 0.133. The predicted molar refractivity (Wildman–Crippen MR) is 76.7 cm³/mol. The topological polar surface area (TPSA) is 78.3 Å². The molecule has 4 heteroatoms. The molecule has 98 valence electrons. The molecule has 0 amide bonds. The third-order valence-electron chi connectivity index (χ3n) is 2.79. The lowest BCUT2D eigenvalue weighted by Gasteiger charge is -2.07. The van der Waals surface area contributed by atoms with E-state index in [1.165, 1.54) is 0 Å². The molecule has 2 aromatic carbocycles. The summed E-state index contributed by atoms with van der Waals surface area (Å²) in [7, 11) is 0. The number of rotatable bonds is 3. The Morgan fingerprint density at radius 3 is 2.47 bits per heavy atom. The Hall–Kier alpha value is -2.49. The van der Waals surface area contributed by atoms with E-state index in [1.807, 2.05) is 18.2 Å². The number of esters is 1. The quantitative estimate of drug-likeness (QED) is 0.653. The van der Waals surface area contributed by atoms with E-state index < -0.39 is 0 Å². The summed E-state index contributed by atoms with van der Waals surface area (Å²) in [6.45, 7) is 2.14. The fourth-order valence-corrected chi connectivity index (χ4v) is 1.79. The zero-order valence-corrected chi connectivity index (χ0v) is 10.7. The number of ether oxygens (including phenoxy) is 1.